The van der Waals surface area contributed by atoms with Crippen LogP contribution in [0, 0.1) is 5.92 Å². The Morgan fingerprint density at radius 3 is 2.41 bits per heavy atom. The van der Waals surface area contributed by atoms with Crippen molar-refractivity contribution in [1.82, 2.24) is 10.2 Å². The largest absolute Gasteiger partial charge is 0.508 e. The van der Waals surface area contributed by atoms with Crippen LogP contribution in [0.3, 0.4) is 0 Å². The van der Waals surface area contributed by atoms with Gasteiger partial charge in [0, 0.05) is 25.6 Å². The molecular weight excluding hydrogens is 368 g/mol. The van der Waals surface area contributed by atoms with Crippen LogP contribution in [-0.2, 0) is 9.59 Å². The maximum atomic E-state index is 12.6. The van der Waals surface area contributed by atoms with Crippen molar-refractivity contribution in [3.05, 3.63) is 24.3 Å². The molecule has 3 rings (SSSR count). The minimum absolute atomic E-state index is 0.0415. The first-order valence-corrected chi connectivity index (χ1v) is 11.0. The van der Waals surface area contributed by atoms with E-state index in [0.29, 0.717) is 25.3 Å². The predicted octanol–water partition coefficient (Wildman–Crippen LogP) is 3.63. The van der Waals surface area contributed by atoms with E-state index in [2.05, 4.69) is 5.32 Å². The fraction of sp³-hybridized carbons (Fsp3) is 0.652. The Labute approximate surface area is 173 Å². The summed E-state index contributed by atoms with van der Waals surface area (Å²) in [6, 6.07) is 6.53. The number of piperidine rings is 1. The van der Waals surface area contributed by atoms with Crippen molar-refractivity contribution in [2.75, 3.05) is 13.1 Å². The number of phenols is 1. The third-order valence-corrected chi connectivity index (χ3v) is 6.17. The summed E-state index contributed by atoms with van der Waals surface area (Å²) >= 11 is 0. The molecule has 6 nitrogen and oxygen atoms in total. The predicted molar refractivity (Wildman–Crippen MR) is 112 cm³/mol. The van der Waals surface area contributed by atoms with Gasteiger partial charge in [0.2, 0.25) is 5.91 Å². The van der Waals surface area contributed by atoms with Crippen LogP contribution in [0.5, 0.6) is 11.5 Å². The van der Waals surface area contributed by atoms with E-state index in [0.717, 1.165) is 25.2 Å². The fourth-order valence-electron chi connectivity index (χ4n) is 4.39. The molecule has 1 aromatic rings. The zero-order chi connectivity index (χ0) is 20.6. The van der Waals surface area contributed by atoms with Gasteiger partial charge < -0.3 is 20.1 Å². The molecule has 29 heavy (non-hydrogen) atoms. The molecule has 2 fully saturated rings. The van der Waals surface area contributed by atoms with Crippen LogP contribution in [0.25, 0.3) is 0 Å². The molecule has 1 aliphatic carbocycles. The quantitative estimate of drug-likeness (QED) is 0.730. The minimum atomic E-state index is -0.582. The summed E-state index contributed by atoms with van der Waals surface area (Å²) in [4.78, 5) is 26.7. The molecule has 6 heteroatoms. The standard InChI is InChI=1S/C23H34N2O4/c1-17(29-21-10-8-20(26)9-11-21)23(28)25-15-13-19(14-16-25)24-22(27)12-7-18-5-3-2-4-6-18/h8-11,17-19,26H,2-7,12-16H2,1H3,(H,24,27). The highest BCUT2D eigenvalue weighted by Crippen LogP contribution is 2.27. The summed E-state index contributed by atoms with van der Waals surface area (Å²) in [6.45, 7) is 3.01. The number of rotatable bonds is 7. The Hall–Kier alpha value is -2.24. The van der Waals surface area contributed by atoms with E-state index in [4.69, 9.17) is 4.74 Å². The number of nitrogens with one attached hydrogen (secondary N) is 1. The maximum absolute atomic E-state index is 12.6. The van der Waals surface area contributed by atoms with Gasteiger partial charge in [-0.1, -0.05) is 32.1 Å². The van der Waals surface area contributed by atoms with Gasteiger partial charge in [0.05, 0.1) is 0 Å². The average Bonchev–Trinajstić information content (AvgIpc) is 2.74. The molecule has 1 aliphatic heterocycles. The molecule has 0 spiro atoms. The summed E-state index contributed by atoms with van der Waals surface area (Å²) in [7, 11) is 0. The topological polar surface area (TPSA) is 78.9 Å². The molecule has 1 unspecified atom stereocenters. The van der Waals surface area contributed by atoms with Gasteiger partial charge in [0.1, 0.15) is 11.5 Å². The zero-order valence-electron chi connectivity index (χ0n) is 17.4. The monoisotopic (exact) mass is 402 g/mol. The van der Waals surface area contributed by atoms with Crippen molar-refractivity contribution in [3.63, 3.8) is 0 Å². The molecule has 160 valence electrons. The lowest BCUT2D eigenvalue weighted by atomic mass is 9.86. The number of hydrogen-bond donors (Lipinski definition) is 2. The second-order valence-electron chi connectivity index (χ2n) is 8.46. The molecule has 1 aromatic carbocycles. The molecule has 1 saturated heterocycles. The summed E-state index contributed by atoms with van der Waals surface area (Å²) in [5, 5.41) is 12.5. The van der Waals surface area contributed by atoms with Gasteiger partial charge in [0.15, 0.2) is 6.10 Å². The normalized spacial score (nSPS) is 19.6. The molecule has 0 aromatic heterocycles. The molecule has 2 amide bonds. The first-order valence-electron chi connectivity index (χ1n) is 11.0. The molecule has 0 radical (unpaired) electrons. The Balaban J connectivity index is 1.36. The number of aromatic hydroxyl groups is 1. The van der Waals surface area contributed by atoms with Gasteiger partial charge in [0.25, 0.3) is 5.91 Å². The number of ether oxygens (including phenoxy) is 1. The van der Waals surface area contributed by atoms with Crippen molar-refractivity contribution < 1.29 is 19.4 Å². The van der Waals surface area contributed by atoms with E-state index < -0.39 is 6.10 Å². The molecule has 1 atom stereocenters. The Kier molecular flexibility index (Phi) is 7.78. The lowest BCUT2D eigenvalue weighted by molar-refractivity contribution is -0.139. The van der Waals surface area contributed by atoms with Crippen LogP contribution in [-0.4, -0.2) is 47.1 Å². The number of benzene rings is 1. The maximum Gasteiger partial charge on any atom is 0.263 e. The van der Waals surface area contributed by atoms with Crippen molar-refractivity contribution in [3.8, 4) is 11.5 Å². The smallest absolute Gasteiger partial charge is 0.263 e. The summed E-state index contributed by atoms with van der Waals surface area (Å²) in [5.74, 6) is 1.57. The van der Waals surface area contributed by atoms with Gasteiger partial charge >= 0.3 is 0 Å². The van der Waals surface area contributed by atoms with E-state index in [9.17, 15) is 14.7 Å². The van der Waals surface area contributed by atoms with E-state index in [1.54, 1.807) is 19.1 Å². The van der Waals surface area contributed by atoms with Gasteiger partial charge in [-0.2, -0.15) is 0 Å². The molecule has 1 heterocycles. The summed E-state index contributed by atoms with van der Waals surface area (Å²) in [5.41, 5.74) is 0. The first-order chi connectivity index (χ1) is 14.0. The Morgan fingerprint density at radius 1 is 1.10 bits per heavy atom. The number of likely N-dealkylation sites (tertiary alicyclic amines) is 1. The van der Waals surface area contributed by atoms with Crippen molar-refractivity contribution in [2.24, 2.45) is 5.92 Å². The average molecular weight is 403 g/mol. The van der Waals surface area contributed by atoms with Gasteiger partial charge in [-0.15, -0.1) is 0 Å². The molecule has 0 bridgehead atoms. The van der Waals surface area contributed by atoms with E-state index in [1.165, 1.54) is 44.2 Å². The van der Waals surface area contributed by atoms with Crippen LogP contribution in [0.1, 0.15) is 64.7 Å². The van der Waals surface area contributed by atoms with Crippen molar-refractivity contribution in [2.45, 2.75) is 76.9 Å². The highest BCUT2D eigenvalue weighted by atomic mass is 16.5. The number of carbonyl (C=O) groups is 2. The highest BCUT2D eigenvalue weighted by Gasteiger charge is 2.28. The number of phenolic OH excluding ortho intramolecular Hbond substituents is 1. The van der Waals surface area contributed by atoms with Crippen LogP contribution in [0.4, 0.5) is 0 Å². The van der Waals surface area contributed by atoms with E-state index in [-0.39, 0.29) is 23.6 Å². The van der Waals surface area contributed by atoms with Gasteiger partial charge in [-0.25, -0.2) is 0 Å². The van der Waals surface area contributed by atoms with Crippen molar-refractivity contribution >= 4 is 11.8 Å². The fourth-order valence-corrected chi connectivity index (χ4v) is 4.39. The summed E-state index contributed by atoms with van der Waals surface area (Å²) in [6.07, 6.45) is 9.15. The number of nitrogens with zero attached hydrogens (tertiary/aromatic N) is 1. The Bertz CT molecular complexity index is 662. The van der Waals surface area contributed by atoms with E-state index in [1.807, 2.05) is 4.90 Å². The number of hydrogen-bond acceptors (Lipinski definition) is 4. The van der Waals surface area contributed by atoms with Crippen LogP contribution in [0.2, 0.25) is 0 Å². The van der Waals surface area contributed by atoms with Crippen LogP contribution >= 0.6 is 0 Å². The Morgan fingerprint density at radius 2 is 1.76 bits per heavy atom. The third kappa shape index (κ3) is 6.65. The van der Waals surface area contributed by atoms with Gasteiger partial charge in [-0.05, 0) is 56.4 Å². The van der Waals surface area contributed by atoms with Gasteiger partial charge in [-0.3, -0.25) is 9.59 Å². The molecule has 1 saturated carbocycles. The SMILES string of the molecule is CC(Oc1ccc(O)cc1)C(=O)N1CCC(NC(=O)CCC2CCCCC2)CC1. The molecule has 2 N–H and O–H groups in total. The summed E-state index contributed by atoms with van der Waals surface area (Å²) < 4.78 is 5.69. The lowest BCUT2D eigenvalue weighted by Gasteiger charge is -2.34. The highest BCUT2D eigenvalue weighted by molar-refractivity contribution is 5.81. The van der Waals surface area contributed by atoms with Crippen LogP contribution < -0.4 is 10.1 Å². The minimum Gasteiger partial charge on any atom is -0.508 e. The second kappa shape index (κ2) is 10.5. The zero-order valence-corrected chi connectivity index (χ0v) is 17.4. The van der Waals surface area contributed by atoms with E-state index >= 15 is 0 Å². The third-order valence-electron chi connectivity index (χ3n) is 6.17. The molecular formula is C23H34N2O4. The number of amides is 2. The number of carbonyl (C=O) groups excluding carboxylic acids is 2. The lowest BCUT2D eigenvalue weighted by Crippen LogP contribution is -2.49. The van der Waals surface area contributed by atoms with Crippen LogP contribution in [0.15, 0.2) is 24.3 Å². The second-order valence-corrected chi connectivity index (χ2v) is 8.46. The first kappa shape index (κ1) is 21.5. The molecule has 2 aliphatic rings. The van der Waals surface area contributed by atoms with Crippen molar-refractivity contribution in [1.29, 1.82) is 0 Å².